The third-order valence-electron chi connectivity index (χ3n) is 11.5. The van der Waals surface area contributed by atoms with Crippen LogP contribution in [-0.2, 0) is 0 Å². The molecule has 0 bridgehead atoms. The normalized spacial score (nSPS) is 11.7. The zero-order chi connectivity index (χ0) is 39.6. The molecule has 0 atom stereocenters. The number of nitrogens with zero attached hydrogens (tertiary/aromatic N) is 2. The third-order valence-corrected chi connectivity index (χ3v) is 15.0. The number of thiophene rings is 2. The van der Waals surface area contributed by atoms with Crippen LogP contribution < -0.4 is 4.90 Å². The van der Waals surface area contributed by atoms with E-state index >= 15 is 0 Å². The van der Waals surface area contributed by atoms with Crippen molar-refractivity contribution in [2.75, 3.05) is 4.90 Å². The molecule has 12 aromatic rings. The molecule has 60 heavy (non-hydrogen) atoms. The molecule has 0 radical (unpaired) electrons. The SMILES string of the molecule is c1ccc(-c2ccc(N(c3ccc(-c4cccc5c4sc4ccccc45)cc3)c3ccc(-c4c5sc(-c6ccccc6)nc5cc5sc6ccccc6c45)cc3)cc2)cc1. The molecule has 5 heteroatoms. The molecule has 0 saturated carbocycles. The Hall–Kier alpha value is -6.89. The van der Waals surface area contributed by atoms with Crippen LogP contribution in [0.3, 0.4) is 0 Å². The first-order chi connectivity index (χ1) is 29.7. The van der Waals surface area contributed by atoms with Gasteiger partial charge in [0, 0.05) is 68.5 Å². The van der Waals surface area contributed by atoms with Gasteiger partial charge in [0.15, 0.2) is 0 Å². The summed E-state index contributed by atoms with van der Waals surface area (Å²) in [6.07, 6.45) is 0. The Labute approximate surface area is 359 Å². The highest BCUT2D eigenvalue weighted by Crippen LogP contribution is 2.48. The highest BCUT2D eigenvalue weighted by Gasteiger charge is 2.21. The molecule has 282 valence electrons. The molecule has 0 unspecified atom stereocenters. The largest absolute Gasteiger partial charge is 0.311 e. The van der Waals surface area contributed by atoms with Crippen LogP contribution in [0.5, 0.6) is 0 Å². The van der Waals surface area contributed by atoms with Crippen molar-refractivity contribution < 1.29 is 0 Å². The van der Waals surface area contributed by atoms with Crippen molar-refractivity contribution in [3.05, 3.63) is 206 Å². The van der Waals surface area contributed by atoms with Crippen molar-refractivity contribution in [3.63, 3.8) is 0 Å². The maximum atomic E-state index is 5.22. The Morgan fingerprint density at radius 2 is 0.883 bits per heavy atom. The Balaban J connectivity index is 0.990. The molecule has 3 aromatic heterocycles. The third kappa shape index (κ3) is 5.93. The van der Waals surface area contributed by atoms with E-state index in [1.807, 2.05) is 22.7 Å². The van der Waals surface area contributed by atoms with Crippen LogP contribution >= 0.6 is 34.0 Å². The second-order valence-corrected chi connectivity index (χ2v) is 18.2. The first-order valence-electron chi connectivity index (χ1n) is 20.1. The van der Waals surface area contributed by atoms with Crippen molar-refractivity contribution in [2.24, 2.45) is 0 Å². The number of fused-ring (bicyclic) bond motifs is 7. The van der Waals surface area contributed by atoms with Gasteiger partial charge >= 0.3 is 0 Å². The molecule has 3 heterocycles. The van der Waals surface area contributed by atoms with Crippen LogP contribution in [0.25, 0.3) is 94.5 Å². The zero-order valence-corrected chi connectivity index (χ0v) is 34.7. The van der Waals surface area contributed by atoms with Crippen molar-refractivity contribution in [3.8, 4) is 44.0 Å². The lowest BCUT2D eigenvalue weighted by molar-refractivity contribution is 1.28. The standard InChI is InChI=1S/C55H34N2S3/c1-3-12-35(13-4-1)36-22-28-40(29-23-36)57(41-30-24-37(25-31-41)43-18-11-19-45-44-16-7-9-20-48(44)59-53(43)45)42-32-26-38(27-33-42)51-52-46-17-8-10-21-49(46)58-50(52)34-47-54(51)60-55(56-47)39-14-5-2-6-15-39/h1-34H. The lowest BCUT2D eigenvalue weighted by Crippen LogP contribution is -2.09. The van der Waals surface area contributed by atoms with Crippen LogP contribution in [0.2, 0.25) is 0 Å². The molecule has 0 N–H and O–H groups in total. The van der Waals surface area contributed by atoms with Crippen LogP contribution in [0.15, 0.2) is 206 Å². The van der Waals surface area contributed by atoms with Gasteiger partial charge in [0.05, 0.1) is 10.2 Å². The fourth-order valence-electron chi connectivity index (χ4n) is 8.67. The average Bonchev–Trinajstić information content (AvgIpc) is 4.03. The number of anilines is 3. The van der Waals surface area contributed by atoms with E-state index < -0.39 is 0 Å². The molecular formula is C55H34N2S3. The molecular weight excluding hydrogens is 785 g/mol. The van der Waals surface area contributed by atoms with E-state index in [9.17, 15) is 0 Å². The van der Waals surface area contributed by atoms with Crippen LogP contribution in [-0.4, -0.2) is 4.98 Å². The monoisotopic (exact) mass is 818 g/mol. The minimum atomic E-state index is 1.04. The maximum absolute atomic E-state index is 5.22. The van der Waals surface area contributed by atoms with Crippen molar-refractivity contribution in [1.82, 2.24) is 4.98 Å². The number of hydrogen-bond donors (Lipinski definition) is 0. The summed E-state index contributed by atoms with van der Waals surface area (Å²) >= 11 is 5.51. The molecule has 2 nitrogen and oxygen atoms in total. The van der Waals surface area contributed by atoms with Gasteiger partial charge < -0.3 is 4.90 Å². The van der Waals surface area contributed by atoms with E-state index in [-0.39, 0.29) is 0 Å². The highest BCUT2D eigenvalue weighted by molar-refractivity contribution is 7.27. The fraction of sp³-hybridized carbons (Fsp3) is 0. The quantitative estimate of drug-likeness (QED) is 0.159. The maximum Gasteiger partial charge on any atom is 0.124 e. The van der Waals surface area contributed by atoms with E-state index in [4.69, 9.17) is 4.98 Å². The average molecular weight is 819 g/mol. The van der Waals surface area contributed by atoms with Gasteiger partial charge in [-0.25, -0.2) is 4.98 Å². The molecule has 0 spiro atoms. The molecule has 0 fully saturated rings. The number of aromatic nitrogens is 1. The van der Waals surface area contributed by atoms with Gasteiger partial charge in [-0.15, -0.1) is 34.0 Å². The van der Waals surface area contributed by atoms with E-state index in [2.05, 4.69) is 211 Å². The molecule has 0 saturated heterocycles. The summed E-state index contributed by atoms with van der Waals surface area (Å²) in [6.45, 7) is 0. The van der Waals surface area contributed by atoms with E-state index in [1.54, 1.807) is 11.3 Å². The molecule has 12 rings (SSSR count). The zero-order valence-electron chi connectivity index (χ0n) is 32.2. The Morgan fingerprint density at radius 1 is 0.350 bits per heavy atom. The van der Waals surface area contributed by atoms with Crippen LogP contribution in [0.1, 0.15) is 0 Å². The first kappa shape index (κ1) is 35.1. The highest BCUT2D eigenvalue weighted by atomic mass is 32.1. The van der Waals surface area contributed by atoms with Crippen LogP contribution in [0, 0.1) is 0 Å². The van der Waals surface area contributed by atoms with E-state index in [0.717, 1.165) is 33.1 Å². The van der Waals surface area contributed by atoms with E-state index in [0.29, 0.717) is 0 Å². The number of thiazole rings is 1. The fourth-order valence-corrected chi connectivity index (χ4v) is 12.2. The van der Waals surface area contributed by atoms with Gasteiger partial charge in [-0.05, 0) is 82.4 Å². The summed E-state index contributed by atoms with van der Waals surface area (Å²) in [7, 11) is 0. The molecule has 9 aromatic carbocycles. The Morgan fingerprint density at radius 3 is 1.57 bits per heavy atom. The second kappa shape index (κ2) is 14.4. The smallest absolute Gasteiger partial charge is 0.124 e. The summed E-state index contributed by atoms with van der Waals surface area (Å²) in [4.78, 5) is 7.59. The van der Waals surface area contributed by atoms with Crippen molar-refractivity contribution in [1.29, 1.82) is 0 Å². The van der Waals surface area contributed by atoms with Gasteiger partial charge in [-0.2, -0.15) is 0 Å². The Kier molecular flexibility index (Phi) is 8.44. The lowest BCUT2D eigenvalue weighted by Gasteiger charge is -2.26. The van der Waals surface area contributed by atoms with Gasteiger partial charge in [-0.3, -0.25) is 0 Å². The minimum Gasteiger partial charge on any atom is -0.311 e. The first-order valence-corrected chi connectivity index (χ1v) is 22.6. The summed E-state index contributed by atoms with van der Waals surface area (Å²) in [5, 5.41) is 6.27. The molecule has 0 amide bonds. The predicted octanol–water partition coefficient (Wildman–Crippen LogP) is 17.2. The topological polar surface area (TPSA) is 16.1 Å². The summed E-state index contributed by atoms with van der Waals surface area (Å²) < 4.78 is 6.43. The number of rotatable bonds is 7. The predicted molar refractivity (Wildman–Crippen MR) is 262 cm³/mol. The number of hydrogen-bond acceptors (Lipinski definition) is 5. The lowest BCUT2D eigenvalue weighted by atomic mass is 9.98. The van der Waals surface area contributed by atoms with Crippen LogP contribution in [0.4, 0.5) is 17.1 Å². The van der Waals surface area contributed by atoms with Gasteiger partial charge in [0.25, 0.3) is 0 Å². The molecule has 0 aliphatic rings. The van der Waals surface area contributed by atoms with Crippen molar-refractivity contribution >= 4 is 102 Å². The number of benzene rings is 9. The molecule has 0 aliphatic carbocycles. The van der Waals surface area contributed by atoms with Gasteiger partial charge in [0.2, 0.25) is 0 Å². The summed E-state index contributed by atoms with van der Waals surface area (Å²) in [5.41, 5.74) is 12.8. The molecule has 0 aliphatic heterocycles. The summed E-state index contributed by atoms with van der Waals surface area (Å²) in [6, 6.07) is 74.9. The van der Waals surface area contributed by atoms with Crippen molar-refractivity contribution in [2.45, 2.75) is 0 Å². The van der Waals surface area contributed by atoms with Gasteiger partial charge in [-0.1, -0.05) is 152 Å². The summed E-state index contributed by atoms with van der Waals surface area (Å²) in [5.74, 6) is 0. The van der Waals surface area contributed by atoms with E-state index in [1.165, 1.54) is 78.4 Å². The second-order valence-electron chi connectivity index (χ2n) is 15.1. The Bertz CT molecular complexity index is 3510. The van der Waals surface area contributed by atoms with Gasteiger partial charge in [0.1, 0.15) is 5.01 Å². The minimum absolute atomic E-state index is 1.04.